The highest BCUT2D eigenvalue weighted by atomic mass is 16.5. The zero-order valence-corrected chi connectivity index (χ0v) is 17.3. The lowest BCUT2D eigenvalue weighted by atomic mass is 9.94. The number of hydrogen-bond acceptors (Lipinski definition) is 3. The molecule has 2 aliphatic rings. The molecule has 1 unspecified atom stereocenters. The fourth-order valence-corrected chi connectivity index (χ4v) is 5.13. The van der Waals surface area contributed by atoms with Gasteiger partial charge in [0.1, 0.15) is 17.5 Å². The number of hydrogen-bond donors (Lipinski definition) is 1. The predicted octanol–water partition coefficient (Wildman–Crippen LogP) is 4.89. The molecule has 0 bridgehead atoms. The highest BCUT2D eigenvalue weighted by Crippen LogP contribution is 2.46. The van der Waals surface area contributed by atoms with Crippen LogP contribution in [-0.4, -0.2) is 29.4 Å². The Morgan fingerprint density at radius 3 is 2.65 bits per heavy atom. The molecule has 5 nitrogen and oxygen atoms in total. The van der Waals surface area contributed by atoms with Gasteiger partial charge in [0.05, 0.1) is 18.5 Å². The first kappa shape index (κ1) is 18.1. The topological polar surface area (TPSA) is 48.6 Å². The van der Waals surface area contributed by atoms with E-state index in [1.165, 1.54) is 16.5 Å². The molecule has 1 atom stereocenters. The van der Waals surface area contributed by atoms with E-state index < -0.39 is 0 Å². The van der Waals surface area contributed by atoms with Crippen molar-refractivity contribution in [2.75, 3.05) is 18.6 Å². The average Bonchev–Trinajstić information content (AvgIpc) is 3.20. The lowest BCUT2D eigenvalue weighted by Gasteiger charge is -2.48. The van der Waals surface area contributed by atoms with E-state index in [0.717, 1.165) is 23.3 Å². The molecule has 0 saturated heterocycles. The summed E-state index contributed by atoms with van der Waals surface area (Å²) in [5, 5.41) is 1.25. The Kier molecular flexibility index (Phi) is 4.03. The molecule has 6 rings (SSSR count). The number of carbonyl (C=O) groups excluding carboxylic acids is 1. The van der Waals surface area contributed by atoms with Gasteiger partial charge in [-0.2, -0.15) is 0 Å². The van der Waals surface area contributed by atoms with Crippen LogP contribution in [0.4, 0.5) is 5.69 Å². The van der Waals surface area contributed by atoms with Crippen molar-refractivity contribution in [2.45, 2.75) is 19.1 Å². The number of H-pyrrole nitrogens is 1. The second-order valence-electron chi connectivity index (χ2n) is 8.15. The summed E-state index contributed by atoms with van der Waals surface area (Å²) in [6.45, 7) is 1.38. The molecule has 0 radical (unpaired) electrons. The van der Waals surface area contributed by atoms with Crippen molar-refractivity contribution in [1.82, 2.24) is 9.88 Å². The Morgan fingerprint density at radius 1 is 1.00 bits per heavy atom. The van der Waals surface area contributed by atoms with Gasteiger partial charge in [0, 0.05) is 24.0 Å². The van der Waals surface area contributed by atoms with Crippen molar-refractivity contribution in [2.24, 2.45) is 0 Å². The van der Waals surface area contributed by atoms with Crippen LogP contribution in [0.1, 0.15) is 33.3 Å². The molecule has 0 aliphatic carbocycles. The lowest BCUT2D eigenvalue weighted by Crippen LogP contribution is -2.52. The summed E-state index contributed by atoms with van der Waals surface area (Å²) in [6.07, 6.45) is 0.661. The number of benzene rings is 3. The molecule has 1 amide bonds. The van der Waals surface area contributed by atoms with Crippen LogP contribution in [0, 0.1) is 0 Å². The minimum absolute atomic E-state index is 0.0334. The Morgan fingerprint density at radius 2 is 1.81 bits per heavy atom. The normalized spacial score (nSPS) is 17.3. The molecule has 5 heteroatoms. The van der Waals surface area contributed by atoms with Crippen molar-refractivity contribution in [3.63, 3.8) is 0 Å². The van der Waals surface area contributed by atoms with Gasteiger partial charge in [-0.3, -0.25) is 4.79 Å². The maximum Gasteiger partial charge on any atom is 0.261 e. The third kappa shape index (κ3) is 2.66. The van der Waals surface area contributed by atoms with Gasteiger partial charge in [-0.1, -0.05) is 54.6 Å². The Hall–Kier alpha value is -3.73. The Labute approximate surface area is 180 Å². The maximum atomic E-state index is 13.7. The summed E-state index contributed by atoms with van der Waals surface area (Å²) in [5.41, 5.74) is 6.32. The van der Waals surface area contributed by atoms with E-state index in [1.54, 1.807) is 7.11 Å². The third-order valence-corrected chi connectivity index (χ3v) is 6.50. The van der Waals surface area contributed by atoms with Gasteiger partial charge in [-0.05, 0) is 35.7 Å². The number of aromatic amines is 1. The second kappa shape index (κ2) is 6.91. The molecule has 1 N–H and O–H groups in total. The van der Waals surface area contributed by atoms with Crippen molar-refractivity contribution in [1.29, 1.82) is 0 Å². The zero-order chi connectivity index (χ0) is 20.9. The van der Waals surface area contributed by atoms with Crippen LogP contribution in [-0.2, 0) is 13.0 Å². The Balaban J connectivity index is 1.58. The molecule has 0 fully saturated rings. The number of amides is 1. The first-order chi connectivity index (χ1) is 15.3. The van der Waals surface area contributed by atoms with Gasteiger partial charge in [-0.15, -0.1) is 0 Å². The predicted molar refractivity (Wildman–Crippen MR) is 121 cm³/mol. The van der Waals surface area contributed by atoms with Crippen LogP contribution in [0.3, 0.4) is 0 Å². The number of anilines is 1. The number of methoxy groups -OCH3 is 1. The van der Waals surface area contributed by atoms with Crippen molar-refractivity contribution in [3.8, 4) is 5.75 Å². The molecule has 3 aromatic carbocycles. The smallest absolute Gasteiger partial charge is 0.261 e. The molecule has 0 spiro atoms. The van der Waals surface area contributed by atoms with Gasteiger partial charge >= 0.3 is 0 Å². The summed E-state index contributed by atoms with van der Waals surface area (Å²) in [4.78, 5) is 21.6. The molecule has 4 aromatic rings. The summed E-state index contributed by atoms with van der Waals surface area (Å²) in [7, 11) is 1.63. The van der Waals surface area contributed by atoms with E-state index in [1.807, 2.05) is 29.2 Å². The highest BCUT2D eigenvalue weighted by molar-refractivity contribution is 6.05. The SMILES string of the molecule is COc1cccc2c1C(=O)N1CCc3c([nH]c4ccccc34)C1N2Cc1ccccc1. The number of fused-ring (bicyclic) bond motifs is 6. The standard InChI is InChI=1S/C26H23N3O2/c1-31-22-13-7-12-21-23(22)26(30)28-15-14-19-18-10-5-6-11-20(18)27-24(19)25(28)29(21)16-17-8-3-2-4-9-17/h2-13,25,27H,14-16H2,1H3. The summed E-state index contributed by atoms with van der Waals surface area (Å²) < 4.78 is 5.60. The van der Waals surface area contributed by atoms with E-state index in [4.69, 9.17) is 4.74 Å². The molecular weight excluding hydrogens is 386 g/mol. The lowest BCUT2D eigenvalue weighted by molar-refractivity contribution is 0.0621. The van der Waals surface area contributed by atoms with E-state index >= 15 is 0 Å². The zero-order valence-electron chi connectivity index (χ0n) is 17.3. The maximum absolute atomic E-state index is 13.7. The Bertz CT molecular complexity index is 1290. The number of nitrogens with zero attached hydrogens (tertiary/aromatic N) is 2. The van der Waals surface area contributed by atoms with E-state index in [-0.39, 0.29) is 12.1 Å². The van der Waals surface area contributed by atoms with Gasteiger partial charge in [0.15, 0.2) is 0 Å². The third-order valence-electron chi connectivity index (χ3n) is 6.50. The largest absolute Gasteiger partial charge is 0.496 e. The molecule has 154 valence electrons. The molecule has 31 heavy (non-hydrogen) atoms. The fraction of sp³-hybridized carbons (Fsp3) is 0.192. The first-order valence-electron chi connectivity index (χ1n) is 10.6. The molecule has 2 aliphatic heterocycles. The number of nitrogens with one attached hydrogen (secondary N) is 1. The monoisotopic (exact) mass is 409 g/mol. The number of rotatable bonds is 3. The molecule has 3 heterocycles. The van der Waals surface area contributed by atoms with Crippen LogP contribution in [0.15, 0.2) is 72.8 Å². The van der Waals surface area contributed by atoms with E-state index in [9.17, 15) is 4.79 Å². The van der Waals surface area contributed by atoms with Crippen LogP contribution < -0.4 is 9.64 Å². The van der Waals surface area contributed by atoms with Gasteiger partial charge < -0.3 is 19.5 Å². The molecule has 1 aromatic heterocycles. The molecule has 0 saturated carbocycles. The fourth-order valence-electron chi connectivity index (χ4n) is 5.13. The minimum Gasteiger partial charge on any atom is -0.496 e. The van der Waals surface area contributed by atoms with Crippen LogP contribution >= 0.6 is 0 Å². The number of para-hydroxylation sites is 1. The van der Waals surface area contributed by atoms with Crippen LogP contribution in [0.2, 0.25) is 0 Å². The van der Waals surface area contributed by atoms with Gasteiger partial charge in [0.25, 0.3) is 5.91 Å². The van der Waals surface area contributed by atoms with Gasteiger partial charge in [0.2, 0.25) is 0 Å². The first-order valence-corrected chi connectivity index (χ1v) is 10.6. The van der Waals surface area contributed by atoms with Crippen LogP contribution in [0.5, 0.6) is 5.75 Å². The van der Waals surface area contributed by atoms with Crippen molar-refractivity contribution < 1.29 is 9.53 Å². The quantitative estimate of drug-likeness (QED) is 0.524. The minimum atomic E-state index is -0.177. The number of carbonyl (C=O) groups is 1. The van der Waals surface area contributed by atoms with Crippen molar-refractivity contribution >= 4 is 22.5 Å². The summed E-state index contributed by atoms with van der Waals surface area (Å²) in [6, 6.07) is 24.7. The molecular formula is C26H23N3O2. The van der Waals surface area contributed by atoms with Crippen LogP contribution in [0.25, 0.3) is 10.9 Å². The average molecular weight is 409 g/mol. The highest BCUT2D eigenvalue weighted by Gasteiger charge is 2.44. The second-order valence-corrected chi connectivity index (χ2v) is 8.15. The number of ether oxygens (including phenoxy) is 1. The number of aromatic nitrogens is 1. The van der Waals surface area contributed by atoms with Gasteiger partial charge in [-0.25, -0.2) is 0 Å². The van der Waals surface area contributed by atoms with Crippen molar-refractivity contribution in [3.05, 3.63) is 95.2 Å². The van der Waals surface area contributed by atoms with E-state index in [2.05, 4.69) is 58.4 Å². The van der Waals surface area contributed by atoms with E-state index in [0.29, 0.717) is 24.4 Å². The summed E-state index contributed by atoms with van der Waals surface area (Å²) in [5.74, 6) is 0.660. The summed E-state index contributed by atoms with van der Waals surface area (Å²) >= 11 is 0.